The van der Waals surface area contributed by atoms with E-state index in [1.807, 2.05) is 6.92 Å². The molecule has 4 heteroatoms. The summed E-state index contributed by atoms with van der Waals surface area (Å²) in [6.45, 7) is 1.98. The Kier molecular flexibility index (Phi) is 5.06. The van der Waals surface area contributed by atoms with Crippen molar-refractivity contribution in [2.75, 3.05) is 12.8 Å². The molecule has 4 nitrogen and oxygen atoms in total. The Morgan fingerprint density at radius 1 is 1.61 bits per heavy atom. The van der Waals surface area contributed by atoms with Crippen LogP contribution in [0, 0.1) is 12.3 Å². The number of anilines is 1. The van der Waals surface area contributed by atoms with Gasteiger partial charge in [-0.25, -0.2) is 0 Å². The smallest absolute Gasteiger partial charge is 0.251 e. The van der Waals surface area contributed by atoms with E-state index in [9.17, 15) is 4.79 Å². The molecule has 0 fully saturated rings. The van der Waals surface area contributed by atoms with Crippen molar-refractivity contribution in [2.45, 2.75) is 25.8 Å². The van der Waals surface area contributed by atoms with Gasteiger partial charge >= 0.3 is 0 Å². The fraction of sp³-hybridized carbons (Fsp3) is 0.357. The summed E-state index contributed by atoms with van der Waals surface area (Å²) in [7, 11) is 1.51. The molecule has 1 rings (SSSR count). The monoisotopic (exact) mass is 246 g/mol. The minimum Gasteiger partial charge on any atom is -0.495 e. The first-order valence-electron chi connectivity index (χ1n) is 5.80. The first kappa shape index (κ1) is 13.9. The third-order valence-corrected chi connectivity index (χ3v) is 2.69. The molecule has 0 bridgehead atoms. The molecule has 0 aliphatic heterocycles. The highest BCUT2D eigenvalue weighted by atomic mass is 16.5. The molecule has 1 aromatic carbocycles. The van der Waals surface area contributed by atoms with E-state index < -0.39 is 0 Å². The minimum atomic E-state index is -0.171. The molecule has 0 heterocycles. The molecule has 1 aromatic rings. The standard InChI is InChI=1S/C14H18N2O2/c1-4-6-11(5-2)16-14(17)10-7-8-12(15)13(9-10)18-3/h1,7-9,11H,5-6,15H2,2-3H3,(H,16,17). The zero-order valence-corrected chi connectivity index (χ0v) is 10.7. The molecule has 1 amide bonds. The van der Waals surface area contributed by atoms with Crippen LogP contribution < -0.4 is 15.8 Å². The minimum absolute atomic E-state index is 0.00829. The predicted molar refractivity (Wildman–Crippen MR) is 72.4 cm³/mol. The van der Waals surface area contributed by atoms with Gasteiger partial charge in [-0.3, -0.25) is 4.79 Å². The maximum Gasteiger partial charge on any atom is 0.251 e. The lowest BCUT2D eigenvalue weighted by Gasteiger charge is -2.14. The normalized spacial score (nSPS) is 11.4. The number of amides is 1. The van der Waals surface area contributed by atoms with E-state index in [-0.39, 0.29) is 11.9 Å². The zero-order valence-electron chi connectivity index (χ0n) is 10.7. The Bertz CT molecular complexity index is 463. The fourth-order valence-electron chi connectivity index (χ4n) is 1.56. The van der Waals surface area contributed by atoms with Crippen LogP contribution in [0.3, 0.4) is 0 Å². The van der Waals surface area contributed by atoms with Crippen molar-refractivity contribution in [3.8, 4) is 18.1 Å². The SMILES string of the molecule is C#CCC(CC)NC(=O)c1ccc(N)c(OC)c1. The summed E-state index contributed by atoms with van der Waals surface area (Å²) < 4.78 is 5.08. The molecule has 18 heavy (non-hydrogen) atoms. The number of nitrogen functional groups attached to an aromatic ring is 1. The van der Waals surface area contributed by atoms with E-state index in [0.29, 0.717) is 23.4 Å². The van der Waals surface area contributed by atoms with E-state index >= 15 is 0 Å². The number of hydrogen-bond donors (Lipinski definition) is 2. The third-order valence-electron chi connectivity index (χ3n) is 2.69. The summed E-state index contributed by atoms with van der Waals surface area (Å²) >= 11 is 0. The molecule has 0 radical (unpaired) electrons. The van der Waals surface area contributed by atoms with Gasteiger partial charge in [0.2, 0.25) is 0 Å². The van der Waals surface area contributed by atoms with Crippen molar-refractivity contribution < 1.29 is 9.53 Å². The number of nitrogens with one attached hydrogen (secondary N) is 1. The van der Waals surface area contributed by atoms with E-state index in [0.717, 1.165) is 6.42 Å². The molecule has 0 aliphatic rings. The van der Waals surface area contributed by atoms with Gasteiger partial charge in [-0.2, -0.15) is 0 Å². The van der Waals surface area contributed by atoms with Gasteiger partial charge in [-0.15, -0.1) is 12.3 Å². The molecule has 0 aliphatic carbocycles. The summed E-state index contributed by atoms with van der Waals surface area (Å²) in [5, 5.41) is 2.88. The molecule has 1 unspecified atom stereocenters. The number of nitrogens with two attached hydrogens (primary N) is 1. The number of carbonyl (C=O) groups is 1. The Morgan fingerprint density at radius 2 is 2.33 bits per heavy atom. The van der Waals surface area contributed by atoms with Gasteiger partial charge < -0.3 is 15.8 Å². The van der Waals surface area contributed by atoms with Gasteiger partial charge in [0.15, 0.2) is 0 Å². The summed E-state index contributed by atoms with van der Waals surface area (Å²) in [5.41, 5.74) is 6.71. The highest BCUT2D eigenvalue weighted by Gasteiger charge is 2.12. The summed E-state index contributed by atoms with van der Waals surface area (Å²) in [6, 6.07) is 4.92. The second-order valence-electron chi connectivity index (χ2n) is 3.94. The number of methoxy groups -OCH3 is 1. The van der Waals surface area contributed by atoms with Crippen molar-refractivity contribution in [1.82, 2.24) is 5.32 Å². The Morgan fingerprint density at radius 3 is 2.89 bits per heavy atom. The molecule has 96 valence electrons. The molecule has 0 spiro atoms. The number of ether oxygens (including phenoxy) is 1. The predicted octanol–water partition coefficient (Wildman–Crippen LogP) is 1.81. The van der Waals surface area contributed by atoms with Gasteiger partial charge in [0.1, 0.15) is 5.75 Å². The summed E-state index contributed by atoms with van der Waals surface area (Å²) in [6.07, 6.45) is 6.56. The van der Waals surface area contributed by atoms with Crippen molar-refractivity contribution >= 4 is 11.6 Å². The van der Waals surface area contributed by atoms with Crippen molar-refractivity contribution in [2.24, 2.45) is 0 Å². The van der Waals surface area contributed by atoms with Gasteiger partial charge in [-0.1, -0.05) is 6.92 Å². The van der Waals surface area contributed by atoms with Crippen LogP contribution in [0.2, 0.25) is 0 Å². The van der Waals surface area contributed by atoms with Crippen molar-refractivity contribution in [3.63, 3.8) is 0 Å². The summed E-state index contributed by atoms with van der Waals surface area (Å²) in [4.78, 5) is 12.0. The zero-order chi connectivity index (χ0) is 13.5. The van der Waals surface area contributed by atoms with E-state index in [1.54, 1.807) is 18.2 Å². The quantitative estimate of drug-likeness (QED) is 0.615. The van der Waals surface area contributed by atoms with Crippen LogP contribution in [-0.4, -0.2) is 19.1 Å². The van der Waals surface area contributed by atoms with Crippen molar-refractivity contribution in [1.29, 1.82) is 0 Å². The van der Waals surface area contributed by atoms with Crippen LogP contribution >= 0.6 is 0 Å². The first-order valence-corrected chi connectivity index (χ1v) is 5.80. The fourth-order valence-corrected chi connectivity index (χ4v) is 1.56. The van der Waals surface area contributed by atoms with Crippen LogP contribution in [0.1, 0.15) is 30.1 Å². The number of rotatable bonds is 5. The second kappa shape index (κ2) is 6.55. The van der Waals surface area contributed by atoms with Crippen LogP contribution in [0.5, 0.6) is 5.75 Å². The maximum atomic E-state index is 12.0. The molecular weight excluding hydrogens is 228 g/mol. The molecule has 0 aromatic heterocycles. The number of terminal acetylenes is 1. The van der Waals surface area contributed by atoms with E-state index in [2.05, 4.69) is 11.2 Å². The average Bonchev–Trinajstić information content (AvgIpc) is 2.38. The topological polar surface area (TPSA) is 64.4 Å². The third kappa shape index (κ3) is 3.42. The Labute approximate surface area is 108 Å². The number of hydrogen-bond acceptors (Lipinski definition) is 3. The van der Waals surface area contributed by atoms with Gasteiger partial charge in [0.05, 0.1) is 12.8 Å². The number of carbonyl (C=O) groups excluding carboxylic acids is 1. The highest BCUT2D eigenvalue weighted by Crippen LogP contribution is 2.22. The average molecular weight is 246 g/mol. The van der Waals surface area contributed by atoms with E-state index in [4.69, 9.17) is 16.9 Å². The van der Waals surface area contributed by atoms with Crippen molar-refractivity contribution in [3.05, 3.63) is 23.8 Å². The molecule has 0 saturated heterocycles. The molecule has 3 N–H and O–H groups in total. The lowest BCUT2D eigenvalue weighted by Crippen LogP contribution is -2.34. The lowest BCUT2D eigenvalue weighted by atomic mass is 10.1. The van der Waals surface area contributed by atoms with Gasteiger partial charge in [-0.05, 0) is 24.6 Å². The molecular formula is C14H18N2O2. The van der Waals surface area contributed by atoms with E-state index in [1.165, 1.54) is 7.11 Å². The lowest BCUT2D eigenvalue weighted by molar-refractivity contribution is 0.0936. The first-order chi connectivity index (χ1) is 8.62. The number of benzene rings is 1. The summed E-state index contributed by atoms with van der Waals surface area (Å²) in [5.74, 6) is 2.87. The highest BCUT2D eigenvalue weighted by molar-refractivity contribution is 5.95. The molecule has 1 atom stereocenters. The Hall–Kier alpha value is -2.15. The maximum absolute atomic E-state index is 12.0. The van der Waals surface area contributed by atoms with Gasteiger partial charge in [0, 0.05) is 18.0 Å². The Balaban J connectivity index is 2.81. The second-order valence-corrected chi connectivity index (χ2v) is 3.94. The molecule has 0 saturated carbocycles. The van der Waals surface area contributed by atoms with Gasteiger partial charge in [0.25, 0.3) is 5.91 Å². The van der Waals surface area contributed by atoms with Crippen LogP contribution in [0.15, 0.2) is 18.2 Å². The van der Waals surface area contributed by atoms with Crippen LogP contribution in [-0.2, 0) is 0 Å². The largest absolute Gasteiger partial charge is 0.495 e. The van der Waals surface area contributed by atoms with Crippen LogP contribution in [0.25, 0.3) is 0 Å². The van der Waals surface area contributed by atoms with Crippen LogP contribution in [0.4, 0.5) is 5.69 Å².